The fourth-order valence-electron chi connectivity index (χ4n) is 2.25. The van der Waals surface area contributed by atoms with Crippen molar-refractivity contribution in [2.45, 2.75) is 19.3 Å². The average Bonchev–Trinajstić information content (AvgIpc) is 2.56. The van der Waals surface area contributed by atoms with E-state index in [1.807, 2.05) is 24.3 Å². The minimum absolute atomic E-state index is 0.224. The summed E-state index contributed by atoms with van der Waals surface area (Å²) in [6.45, 7) is 4.22. The minimum atomic E-state index is -0.245. The Morgan fingerprint density at radius 2 is 1.43 bits per heavy atom. The van der Waals surface area contributed by atoms with E-state index in [1.165, 1.54) is 7.11 Å². The summed E-state index contributed by atoms with van der Waals surface area (Å²) in [6.07, 6.45) is 1.41. The average molecular weight is 310 g/mol. The van der Waals surface area contributed by atoms with Crippen LogP contribution in [0.15, 0.2) is 48.5 Å². The summed E-state index contributed by atoms with van der Waals surface area (Å²) in [5.74, 6) is 1.07. The third-order valence-electron chi connectivity index (χ3n) is 3.71. The lowest BCUT2D eigenvalue weighted by atomic mass is 9.78. The third-order valence-corrected chi connectivity index (χ3v) is 3.71. The molecular weight excluding hydrogens is 292 g/mol. The second-order valence-electron chi connectivity index (χ2n) is 5.46. The summed E-state index contributed by atoms with van der Waals surface area (Å²) in [7, 11) is 1.39. The van der Waals surface area contributed by atoms with Crippen LogP contribution in [-0.4, -0.2) is 13.2 Å². The van der Waals surface area contributed by atoms with Gasteiger partial charge in [0.15, 0.2) is 0 Å². The Bertz CT molecular complexity index is 713. The molecule has 0 aliphatic carbocycles. The second kappa shape index (κ2) is 6.84. The second-order valence-corrected chi connectivity index (χ2v) is 5.46. The molecule has 0 atom stereocenters. The van der Waals surface area contributed by atoms with E-state index in [1.54, 1.807) is 30.5 Å². The van der Waals surface area contributed by atoms with Gasteiger partial charge in [0.05, 0.1) is 7.11 Å². The maximum Gasteiger partial charge on any atom is 0.385 e. The normalized spacial score (nSPS) is 10.5. The fourth-order valence-corrected chi connectivity index (χ4v) is 2.25. The van der Waals surface area contributed by atoms with E-state index >= 15 is 0 Å². The van der Waals surface area contributed by atoms with Crippen LogP contribution in [0.2, 0.25) is 0 Å². The van der Waals surface area contributed by atoms with Gasteiger partial charge in [-0.15, -0.1) is 5.26 Å². The zero-order valence-corrected chi connectivity index (χ0v) is 13.3. The molecule has 0 saturated heterocycles. The van der Waals surface area contributed by atoms with Crippen molar-refractivity contribution in [3.05, 3.63) is 59.7 Å². The number of methoxy groups -OCH3 is 1. The zero-order chi connectivity index (χ0) is 16.9. The molecule has 118 valence electrons. The van der Waals surface area contributed by atoms with Crippen LogP contribution in [0.4, 0.5) is 0 Å². The Morgan fingerprint density at radius 1 is 0.957 bits per heavy atom. The number of ether oxygens (including phenoxy) is 3. The minimum Gasteiger partial charge on any atom is -0.454 e. The first-order valence-corrected chi connectivity index (χ1v) is 7.05. The van der Waals surface area contributed by atoms with Crippen LogP contribution in [0.1, 0.15) is 25.0 Å². The largest absolute Gasteiger partial charge is 0.454 e. The molecule has 0 aliphatic rings. The summed E-state index contributed by atoms with van der Waals surface area (Å²) in [5, 5.41) is 15.9. The van der Waals surface area contributed by atoms with Gasteiger partial charge in [0.2, 0.25) is 0 Å². The van der Waals surface area contributed by atoms with Crippen molar-refractivity contribution in [1.82, 2.24) is 0 Å². The Morgan fingerprint density at radius 3 is 1.87 bits per heavy atom. The van der Waals surface area contributed by atoms with Gasteiger partial charge in [-0.05, 0) is 35.4 Å². The van der Waals surface area contributed by atoms with Crippen molar-refractivity contribution >= 4 is 6.08 Å². The number of rotatable bonds is 4. The fraction of sp³-hybridized carbons (Fsp3) is 0.222. The number of hydrogen-bond donors (Lipinski definition) is 1. The van der Waals surface area contributed by atoms with Crippen LogP contribution in [0.3, 0.4) is 0 Å². The van der Waals surface area contributed by atoms with Crippen LogP contribution in [0.25, 0.3) is 0 Å². The van der Waals surface area contributed by atoms with Crippen molar-refractivity contribution in [3.8, 4) is 17.8 Å². The number of nitrogens with zero attached hydrogens (tertiary/aromatic N) is 1. The molecule has 2 aromatic carbocycles. The third kappa shape index (κ3) is 3.80. The number of nitrogens with one attached hydrogen (secondary N) is 1. The first-order valence-electron chi connectivity index (χ1n) is 7.05. The van der Waals surface area contributed by atoms with E-state index < -0.39 is 0 Å². The highest BCUT2D eigenvalue weighted by Crippen LogP contribution is 2.33. The van der Waals surface area contributed by atoms with Crippen LogP contribution < -0.4 is 9.47 Å². The summed E-state index contributed by atoms with van der Waals surface area (Å²) in [4.78, 5) is 0. The zero-order valence-electron chi connectivity index (χ0n) is 13.3. The molecule has 2 rings (SSSR count). The first-order chi connectivity index (χ1) is 11.0. The predicted octanol–water partition coefficient (Wildman–Crippen LogP) is 3.83. The molecular formula is C18H18N2O3. The van der Waals surface area contributed by atoms with Gasteiger partial charge in [0.25, 0.3) is 6.26 Å². The van der Waals surface area contributed by atoms with Gasteiger partial charge in [-0.1, -0.05) is 38.1 Å². The molecule has 2 aromatic rings. The topological polar surface area (TPSA) is 75.3 Å². The molecule has 0 amide bonds. The van der Waals surface area contributed by atoms with Gasteiger partial charge in [-0.2, -0.15) is 0 Å². The number of nitriles is 1. The lowest BCUT2D eigenvalue weighted by Crippen LogP contribution is -2.18. The lowest BCUT2D eigenvalue weighted by molar-refractivity contribution is 0.294. The Labute approximate surface area is 135 Å². The van der Waals surface area contributed by atoms with Gasteiger partial charge >= 0.3 is 6.08 Å². The van der Waals surface area contributed by atoms with Gasteiger partial charge in [-0.3, -0.25) is 0 Å². The van der Waals surface area contributed by atoms with E-state index in [4.69, 9.17) is 20.1 Å². The lowest BCUT2D eigenvalue weighted by Gasteiger charge is -2.26. The summed E-state index contributed by atoms with van der Waals surface area (Å²) in [6, 6.07) is 15.0. The molecule has 0 spiro atoms. The summed E-state index contributed by atoms with van der Waals surface area (Å²) < 4.78 is 14.7. The molecule has 0 radical (unpaired) electrons. The van der Waals surface area contributed by atoms with Crippen molar-refractivity contribution in [1.29, 1.82) is 10.7 Å². The molecule has 0 unspecified atom stereocenters. The van der Waals surface area contributed by atoms with Gasteiger partial charge in [-0.25, -0.2) is 5.41 Å². The van der Waals surface area contributed by atoms with Crippen molar-refractivity contribution in [2.75, 3.05) is 7.11 Å². The Hall–Kier alpha value is -3.00. The summed E-state index contributed by atoms with van der Waals surface area (Å²) >= 11 is 0. The van der Waals surface area contributed by atoms with Gasteiger partial charge < -0.3 is 14.2 Å². The Balaban J connectivity index is 2.21. The molecule has 0 saturated carbocycles. The predicted molar refractivity (Wildman–Crippen MR) is 86.6 cm³/mol. The van der Waals surface area contributed by atoms with Crippen molar-refractivity contribution < 1.29 is 14.2 Å². The number of benzene rings is 2. The molecule has 0 fully saturated rings. The van der Waals surface area contributed by atoms with Crippen LogP contribution >= 0.6 is 0 Å². The standard InChI is InChI=1S/C18H18N2O3/c1-18(2,13-4-8-15(9-5-13)22-12-19)14-6-10-16(11-7-14)23-17(20)21-3/h4-11,20H,1-3H3. The van der Waals surface area contributed by atoms with E-state index in [0.717, 1.165) is 11.1 Å². The molecule has 0 aliphatic heterocycles. The number of hydrogen-bond acceptors (Lipinski definition) is 5. The smallest absolute Gasteiger partial charge is 0.385 e. The first kappa shape index (κ1) is 16.4. The van der Waals surface area contributed by atoms with E-state index in [9.17, 15) is 0 Å². The van der Waals surface area contributed by atoms with Crippen LogP contribution in [-0.2, 0) is 10.2 Å². The maximum atomic E-state index is 8.53. The van der Waals surface area contributed by atoms with E-state index in [-0.39, 0.29) is 11.5 Å². The summed E-state index contributed by atoms with van der Waals surface area (Å²) in [5.41, 5.74) is 1.97. The molecule has 0 bridgehead atoms. The SMILES string of the molecule is COC(=N)Oc1ccc(C(C)(C)c2ccc(OC#N)cc2)cc1. The molecule has 0 heterocycles. The quantitative estimate of drug-likeness (QED) is 0.529. The van der Waals surface area contributed by atoms with E-state index in [2.05, 4.69) is 18.6 Å². The van der Waals surface area contributed by atoms with Crippen LogP contribution in [0.5, 0.6) is 11.5 Å². The highest BCUT2D eigenvalue weighted by atomic mass is 16.7. The van der Waals surface area contributed by atoms with Crippen molar-refractivity contribution in [2.24, 2.45) is 0 Å². The molecule has 5 heteroatoms. The Kier molecular flexibility index (Phi) is 4.87. The highest BCUT2D eigenvalue weighted by molar-refractivity contribution is 5.66. The molecule has 0 aromatic heterocycles. The van der Waals surface area contributed by atoms with Gasteiger partial charge in [0.1, 0.15) is 11.5 Å². The monoisotopic (exact) mass is 310 g/mol. The molecule has 1 N–H and O–H groups in total. The molecule has 5 nitrogen and oxygen atoms in total. The van der Waals surface area contributed by atoms with Crippen molar-refractivity contribution in [3.63, 3.8) is 0 Å². The van der Waals surface area contributed by atoms with Crippen LogP contribution in [0, 0.1) is 16.9 Å². The molecule has 23 heavy (non-hydrogen) atoms. The highest BCUT2D eigenvalue weighted by Gasteiger charge is 2.23. The maximum absolute atomic E-state index is 8.53. The van der Waals surface area contributed by atoms with Gasteiger partial charge in [0, 0.05) is 5.41 Å². The van der Waals surface area contributed by atoms with E-state index in [0.29, 0.717) is 11.5 Å².